The number of anilines is 2. The standard InChI is InChI=1S/C14H11N7O2/c15-12-7-11(10-4-5-17-14(16)19-10)18-13(20-12)8-2-1-3-9(6-8)21(22)23/h1-7H,(H2,15,18,20)(H2,16,17,19). The van der Waals surface area contributed by atoms with E-state index in [1.807, 2.05) is 0 Å². The number of nitro groups is 1. The minimum absolute atomic E-state index is 0.0543. The van der Waals surface area contributed by atoms with Crippen LogP contribution in [0.2, 0.25) is 0 Å². The predicted molar refractivity (Wildman–Crippen MR) is 84.0 cm³/mol. The Morgan fingerprint density at radius 3 is 2.57 bits per heavy atom. The zero-order valence-electron chi connectivity index (χ0n) is 11.7. The van der Waals surface area contributed by atoms with Crippen LogP contribution in [-0.2, 0) is 0 Å². The number of nitrogen functional groups attached to an aromatic ring is 2. The van der Waals surface area contributed by atoms with Gasteiger partial charge in [0.05, 0.1) is 16.3 Å². The molecule has 114 valence electrons. The quantitative estimate of drug-likeness (QED) is 0.548. The van der Waals surface area contributed by atoms with Gasteiger partial charge in [-0.05, 0) is 6.07 Å². The van der Waals surface area contributed by atoms with Gasteiger partial charge in [0.25, 0.3) is 5.69 Å². The zero-order valence-corrected chi connectivity index (χ0v) is 11.7. The highest BCUT2D eigenvalue weighted by molar-refractivity contribution is 5.66. The van der Waals surface area contributed by atoms with Crippen molar-refractivity contribution >= 4 is 17.5 Å². The van der Waals surface area contributed by atoms with E-state index < -0.39 is 4.92 Å². The molecule has 2 aromatic heterocycles. The van der Waals surface area contributed by atoms with E-state index in [1.165, 1.54) is 18.3 Å². The van der Waals surface area contributed by atoms with E-state index >= 15 is 0 Å². The van der Waals surface area contributed by atoms with Crippen molar-refractivity contribution < 1.29 is 4.92 Å². The lowest BCUT2D eigenvalue weighted by molar-refractivity contribution is -0.384. The summed E-state index contributed by atoms with van der Waals surface area (Å²) in [6.07, 6.45) is 1.50. The van der Waals surface area contributed by atoms with Gasteiger partial charge in [0.15, 0.2) is 5.82 Å². The number of nitro benzene ring substituents is 1. The molecule has 0 spiro atoms. The Kier molecular flexibility index (Phi) is 3.51. The van der Waals surface area contributed by atoms with E-state index in [1.54, 1.807) is 24.3 Å². The lowest BCUT2D eigenvalue weighted by Gasteiger charge is -2.06. The van der Waals surface area contributed by atoms with Gasteiger partial charge in [-0.3, -0.25) is 10.1 Å². The van der Waals surface area contributed by atoms with Crippen LogP contribution >= 0.6 is 0 Å². The summed E-state index contributed by atoms with van der Waals surface area (Å²) in [6.45, 7) is 0. The Balaban J connectivity index is 2.11. The molecule has 0 unspecified atom stereocenters. The third kappa shape index (κ3) is 3.02. The summed E-state index contributed by atoms with van der Waals surface area (Å²) in [4.78, 5) is 26.8. The van der Waals surface area contributed by atoms with Crippen molar-refractivity contribution in [3.8, 4) is 22.8 Å². The number of hydrogen-bond acceptors (Lipinski definition) is 8. The van der Waals surface area contributed by atoms with Crippen molar-refractivity contribution in [1.82, 2.24) is 19.9 Å². The molecule has 0 atom stereocenters. The van der Waals surface area contributed by atoms with E-state index in [-0.39, 0.29) is 23.3 Å². The minimum Gasteiger partial charge on any atom is -0.384 e. The van der Waals surface area contributed by atoms with E-state index in [9.17, 15) is 10.1 Å². The smallest absolute Gasteiger partial charge is 0.270 e. The molecule has 0 aliphatic carbocycles. The van der Waals surface area contributed by atoms with Gasteiger partial charge >= 0.3 is 0 Å². The Labute approximate surface area is 130 Å². The molecular weight excluding hydrogens is 298 g/mol. The van der Waals surface area contributed by atoms with Gasteiger partial charge < -0.3 is 11.5 Å². The normalized spacial score (nSPS) is 10.4. The van der Waals surface area contributed by atoms with Crippen LogP contribution in [0.25, 0.3) is 22.8 Å². The fraction of sp³-hybridized carbons (Fsp3) is 0. The van der Waals surface area contributed by atoms with E-state index in [0.29, 0.717) is 17.0 Å². The molecule has 9 nitrogen and oxygen atoms in total. The SMILES string of the molecule is Nc1cc(-c2ccnc(N)n2)nc(-c2cccc([N+](=O)[O-])c2)n1. The highest BCUT2D eigenvalue weighted by atomic mass is 16.6. The van der Waals surface area contributed by atoms with Crippen LogP contribution in [-0.4, -0.2) is 24.9 Å². The predicted octanol–water partition coefficient (Wildman–Crippen LogP) is 1.67. The van der Waals surface area contributed by atoms with Gasteiger partial charge in [0.2, 0.25) is 5.95 Å². The van der Waals surface area contributed by atoms with E-state index in [2.05, 4.69) is 19.9 Å². The number of benzene rings is 1. The molecule has 4 N–H and O–H groups in total. The largest absolute Gasteiger partial charge is 0.384 e. The summed E-state index contributed by atoms with van der Waals surface area (Å²) in [5, 5.41) is 10.9. The molecule has 0 aliphatic rings. The lowest BCUT2D eigenvalue weighted by Crippen LogP contribution is -2.01. The first-order valence-corrected chi connectivity index (χ1v) is 6.51. The molecule has 3 aromatic rings. The van der Waals surface area contributed by atoms with Crippen molar-refractivity contribution in [2.45, 2.75) is 0 Å². The average Bonchev–Trinajstić information content (AvgIpc) is 2.54. The first-order chi connectivity index (χ1) is 11.0. The Morgan fingerprint density at radius 2 is 1.83 bits per heavy atom. The second kappa shape index (κ2) is 5.64. The molecule has 0 amide bonds. The number of rotatable bonds is 3. The molecule has 9 heteroatoms. The van der Waals surface area contributed by atoms with Crippen molar-refractivity contribution in [2.75, 3.05) is 11.5 Å². The summed E-state index contributed by atoms with van der Waals surface area (Å²) in [5.41, 5.74) is 12.7. The minimum atomic E-state index is -0.484. The molecule has 0 aliphatic heterocycles. The third-order valence-corrected chi connectivity index (χ3v) is 3.00. The van der Waals surface area contributed by atoms with Gasteiger partial charge in [0.1, 0.15) is 5.82 Å². The van der Waals surface area contributed by atoms with Crippen LogP contribution in [0.5, 0.6) is 0 Å². The highest BCUT2D eigenvalue weighted by Crippen LogP contribution is 2.24. The van der Waals surface area contributed by atoms with Crippen molar-refractivity contribution in [2.24, 2.45) is 0 Å². The lowest BCUT2D eigenvalue weighted by atomic mass is 10.2. The summed E-state index contributed by atoms with van der Waals surface area (Å²) in [5.74, 6) is 0.589. The number of aromatic nitrogens is 4. The molecule has 0 saturated heterocycles. The molecule has 1 aromatic carbocycles. The average molecular weight is 309 g/mol. The third-order valence-electron chi connectivity index (χ3n) is 3.00. The molecule has 0 fully saturated rings. The Morgan fingerprint density at radius 1 is 1.00 bits per heavy atom. The second-order valence-electron chi connectivity index (χ2n) is 4.61. The molecule has 0 bridgehead atoms. The Hall–Kier alpha value is -3.62. The summed E-state index contributed by atoms with van der Waals surface area (Å²) in [6, 6.07) is 9.18. The van der Waals surface area contributed by atoms with Gasteiger partial charge in [0, 0.05) is 30.0 Å². The number of nitrogens with two attached hydrogens (primary N) is 2. The highest BCUT2D eigenvalue weighted by Gasteiger charge is 2.12. The van der Waals surface area contributed by atoms with E-state index in [0.717, 1.165) is 0 Å². The topological polar surface area (TPSA) is 147 Å². The van der Waals surface area contributed by atoms with Gasteiger partial charge in [-0.1, -0.05) is 12.1 Å². The molecular formula is C14H11N7O2. The van der Waals surface area contributed by atoms with Crippen LogP contribution in [0.15, 0.2) is 42.6 Å². The maximum atomic E-state index is 10.9. The first kappa shape index (κ1) is 14.3. The molecule has 23 heavy (non-hydrogen) atoms. The van der Waals surface area contributed by atoms with Gasteiger partial charge in [-0.25, -0.2) is 19.9 Å². The second-order valence-corrected chi connectivity index (χ2v) is 4.61. The summed E-state index contributed by atoms with van der Waals surface area (Å²) in [7, 11) is 0. The van der Waals surface area contributed by atoms with Crippen molar-refractivity contribution in [3.05, 3.63) is 52.7 Å². The van der Waals surface area contributed by atoms with Crippen molar-refractivity contribution in [3.63, 3.8) is 0 Å². The molecule has 0 saturated carbocycles. The molecule has 0 radical (unpaired) electrons. The fourth-order valence-corrected chi connectivity index (χ4v) is 2.00. The Bertz CT molecular complexity index is 898. The van der Waals surface area contributed by atoms with Crippen LogP contribution < -0.4 is 11.5 Å². The van der Waals surface area contributed by atoms with Crippen molar-refractivity contribution in [1.29, 1.82) is 0 Å². The summed E-state index contributed by atoms with van der Waals surface area (Å²) >= 11 is 0. The maximum absolute atomic E-state index is 10.9. The number of nitrogens with zero attached hydrogens (tertiary/aromatic N) is 5. The zero-order chi connectivity index (χ0) is 16.4. The number of non-ortho nitro benzene ring substituents is 1. The van der Waals surface area contributed by atoms with Gasteiger partial charge in [-0.15, -0.1) is 0 Å². The van der Waals surface area contributed by atoms with Crippen LogP contribution in [0.4, 0.5) is 17.5 Å². The summed E-state index contributed by atoms with van der Waals surface area (Å²) < 4.78 is 0. The molecule has 3 rings (SSSR count). The molecule has 2 heterocycles. The van der Waals surface area contributed by atoms with E-state index in [4.69, 9.17) is 11.5 Å². The van der Waals surface area contributed by atoms with Crippen LogP contribution in [0.3, 0.4) is 0 Å². The number of hydrogen-bond donors (Lipinski definition) is 2. The van der Waals surface area contributed by atoms with Gasteiger partial charge in [-0.2, -0.15) is 0 Å². The van der Waals surface area contributed by atoms with Crippen LogP contribution in [0, 0.1) is 10.1 Å². The van der Waals surface area contributed by atoms with Crippen LogP contribution in [0.1, 0.15) is 0 Å². The monoisotopic (exact) mass is 309 g/mol. The maximum Gasteiger partial charge on any atom is 0.270 e. The first-order valence-electron chi connectivity index (χ1n) is 6.51. The fourth-order valence-electron chi connectivity index (χ4n) is 2.00.